The van der Waals surface area contributed by atoms with Gasteiger partial charge < -0.3 is 15.3 Å². The molecular formula is C23H20Cl2N4O3. The van der Waals surface area contributed by atoms with Crippen molar-refractivity contribution in [3.05, 3.63) is 81.2 Å². The van der Waals surface area contributed by atoms with Gasteiger partial charge in [-0.15, -0.1) is 0 Å². The van der Waals surface area contributed by atoms with Crippen molar-refractivity contribution in [1.29, 1.82) is 0 Å². The number of benzene rings is 2. The number of aryl methyl sites for hydroxylation is 1. The van der Waals surface area contributed by atoms with Crippen molar-refractivity contribution in [3.8, 4) is 11.3 Å². The summed E-state index contributed by atoms with van der Waals surface area (Å²) in [6, 6.07) is 12.3. The van der Waals surface area contributed by atoms with Crippen LogP contribution in [0, 0.1) is 6.92 Å². The summed E-state index contributed by atoms with van der Waals surface area (Å²) < 4.78 is 0. The summed E-state index contributed by atoms with van der Waals surface area (Å²) in [4.78, 5) is 35.0. The predicted octanol–water partition coefficient (Wildman–Crippen LogP) is 3.56. The summed E-state index contributed by atoms with van der Waals surface area (Å²) in [6.45, 7) is 1.89. The fourth-order valence-corrected chi connectivity index (χ4v) is 4.05. The third kappa shape index (κ3) is 4.60. The third-order valence-electron chi connectivity index (χ3n) is 5.27. The number of carbonyl (C=O) groups is 2. The molecule has 2 N–H and O–H groups in total. The van der Waals surface area contributed by atoms with E-state index in [1.807, 2.05) is 37.3 Å². The van der Waals surface area contributed by atoms with Crippen molar-refractivity contribution in [1.82, 2.24) is 20.2 Å². The maximum Gasteiger partial charge on any atom is 0.254 e. The highest BCUT2D eigenvalue weighted by molar-refractivity contribution is 6.33. The number of halogens is 2. The molecule has 1 atom stereocenters. The van der Waals surface area contributed by atoms with Gasteiger partial charge in [-0.1, -0.05) is 53.6 Å². The van der Waals surface area contributed by atoms with Gasteiger partial charge >= 0.3 is 0 Å². The van der Waals surface area contributed by atoms with E-state index in [2.05, 4.69) is 15.3 Å². The van der Waals surface area contributed by atoms with Crippen molar-refractivity contribution in [2.24, 2.45) is 0 Å². The van der Waals surface area contributed by atoms with E-state index in [1.54, 1.807) is 12.1 Å². The first kappa shape index (κ1) is 22.2. The highest BCUT2D eigenvalue weighted by Gasteiger charge is 2.30. The molecule has 1 aliphatic heterocycles. The Morgan fingerprint density at radius 3 is 2.81 bits per heavy atom. The lowest BCUT2D eigenvalue weighted by atomic mass is 10.0. The number of nitrogens with one attached hydrogen (secondary N) is 1. The summed E-state index contributed by atoms with van der Waals surface area (Å²) in [5.41, 5.74) is 4.20. The molecule has 0 bridgehead atoms. The predicted molar refractivity (Wildman–Crippen MR) is 121 cm³/mol. The summed E-state index contributed by atoms with van der Waals surface area (Å²) in [5, 5.41) is 12.9. The monoisotopic (exact) mass is 470 g/mol. The quantitative estimate of drug-likeness (QED) is 0.536. The van der Waals surface area contributed by atoms with Gasteiger partial charge in [0.2, 0.25) is 11.2 Å². The lowest BCUT2D eigenvalue weighted by Gasteiger charge is -2.20. The van der Waals surface area contributed by atoms with Gasteiger partial charge in [-0.25, -0.2) is 9.97 Å². The number of fused-ring (bicyclic) bond motifs is 1. The molecule has 2 amide bonds. The van der Waals surface area contributed by atoms with Crippen LogP contribution in [0.25, 0.3) is 11.3 Å². The molecule has 0 aliphatic carbocycles. The summed E-state index contributed by atoms with van der Waals surface area (Å²) in [5.74, 6) is -0.609. The largest absolute Gasteiger partial charge is 0.394 e. The smallest absolute Gasteiger partial charge is 0.254 e. The van der Waals surface area contributed by atoms with Crippen LogP contribution in [0.5, 0.6) is 0 Å². The average molecular weight is 471 g/mol. The third-order valence-corrected chi connectivity index (χ3v) is 5.73. The molecule has 0 saturated carbocycles. The first-order valence-electron chi connectivity index (χ1n) is 9.93. The van der Waals surface area contributed by atoms with Crippen LogP contribution in [0.2, 0.25) is 10.3 Å². The number of aromatic nitrogens is 2. The second-order valence-corrected chi connectivity index (χ2v) is 8.33. The van der Waals surface area contributed by atoms with Gasteiger partial charge in [0.05, 0.1) is 29.6 Å². The number of hydrogen-bond acceptors (Lipinski definition) is 5. The molecule has 9 heteroatoms. The van der Waals surface area contributed by atoms with E-state index in [4.69, 9.17) is 23.2 Å². The van der Waals surface area contributed by atoms with E-state index in [0.717, 1.165) is 16.7 Å². The van der Waals surface area contributed by atoms with Gasteiger partial charge in [-0.05, 0) is 35.7 Å². The molecule has 0 saturated heterocycles. The second-order valence-electron chi connectivity index (χ2n) is 7.59. The van der Waals surface area contributed by atoms with Crippen molar-refractivity contribution < 1.29 is 14.7 Å². The Kier molecular flexibility index (Phi) is 6.41. The van der Waals surface area contributed by atoms with Crippen molar-refractivity contribution >= 4 is 35.0 Å². The first-order valence-corrected chi connectivity index (χ1v) is 10.7. The number of aliphatic hydroxyl groups excluding tert-OH is 1. The Morgan fingerprint density at radius 1 is 1.25 bits per heavy atom. The molecule has 4 rings (SSSR count). The average Bonchev–Trinajstić information content (AvgIpc) is 3.08. The lowest BCUT2D eigenvalue weighted by Crippen LogP contribution is -2.40. The van der Waals surface area contributed by atoms with Crippen molar-refractivity contribution in [2.45, 2.75) is 19.5 Å². The van der Waals surface area contributed by atoms with E-state index in [0.29, 0.717) is 28.4 Å². The maximum absolute atomic E-state index is 12.9. The second kappa shape index (κ2) is 9.24. The van der Waals surface area contributed by atoms with Crippen LogP contribution in [-0.4, -0.2) is 44.9 Å². The minimum absolute atomic E-state index is 0.0570. The molecule has 3 aromatic rings. The van der Waals surface area contributed by atoms with E-state index < -0.39 is 6.04 Å². The molecule has 164 valence electrons. The lowest BCUT2D eigenvalue weighted by molar-refractivity contribution is -0.122. The van der Waals surface area contributed by atoms with Crippen LogP contribution in [0.4, 0.5) is 0 Å². The van der Waals surface area contributed by atoms with Crippen LogP contribution in [0.3, 0.4) is 0 Å². The highest BCUT2D eigenvalue weighted by Crippen LogP contribution is 2.31. The standard InChI is InChI=1S/C23H20Cl2N4O3/c1-13-3-2-4-14(7-13)19(12-30)27-20(31)11-29-10-16-6-5-15(8-17(16)22(29)32)21-18(24)9-26-23(25)28-21/h2-9,19,30H,10-12H2,1H3,(H,27,31)/t19-/m1/s1. The van der Waals surface area contributed by atoms with Crippen molar-refractivity contribution in [3.63, 3.8) is 0 Å². The molecule has 1 aromatic heterocycles. The zero-order valence-electron chi connectivity index (χ0n) is 17.2. The number of aliphatic hydroxyl groups is 1. The van der Waals surface area contributed by atoms with Gasteiger partial charge in [0.25, 0.3) is 5.91 Å². The molecule has 0 radical (unpaired) electrons. The summed E-state index contributed by atoms with van der Waals surface area (Å²) in [6.07, 6.45) is 1.41. The Labute approximate surface area is 195 Å². The highest BCUT2D eigenvalue weighted by atomic mass is 35.5. The number of amides is 2. The molecule has 7 nitrogen and oxygen atoms in total. The fraction of sp³-hybridized carbons (Fsp3) is 0.217. The minimum atomic E-state index is -0.543. The zero-order valence-corrected chi connectivity index (χ0v) is 18.7. The van der Waals surface area contributed by atoms with Crippen LogP contribution in [-0.2, 0) is 11.3 Å². The summed E-state index contributed by atoms with van der Waals surface area (Å²) >= 11 is 12.1. The number of nitrogens with zero attached hydrogens (tertiary/aromatic N) is 3. The van der Waals surface area contributed by atoms with Gasteiger partial charge in [-0.2, -0.15) is 0 Å². The van der Waals surface area contributed by atoms with Crippen LogP contribution in [0.15, 0.2) is 48.7 Å². The van der Waals surface area contributed by atoms with E-state index in [9.17, 15) is 14.7 Å². The molecule has 0 fully saturated rings. The Bertz CT molecular complexity index is 1200. The molecule has 1 aliphatic rings. The van der Waals surface area contributed by atoms with E-state index >= 15 is 0 Å². The number of rotatable bonds is 6. The van der Waals surface area contributed by atoms with Crippen LogP contribution >= 0.6 is 23.2 Å². The SMILES string of the molecule is Cc1cccc([C@@H](CO)NC(=O)CN2Cc3ccc(-c4nc(Cl)ncc4Cl)cc3C2=O)c1. The molecular weight excluding hydrogens is 451 g/mol. The van der Waals surface area contributed by atoms with E-state index in [-0.39, 0.29) is 30.2 Å². The molecule has 32 heavy (non-hydrogen) atoms. The molecule has 2 aromatic carbocycles. The van der Waals surface area contributed by atoms with E-state index in [1.165, 1.54) is 11.1 Å². The minimum Gasteiger partial charge on any atom is -0.394 e. The first-order chi connectivity index (χ1) is 15.4. The van der Waals surface area contributed by atoms with Crippen LogP contribution in [0.1, 0.15) is 33.1 Å². The molecule has 2 heterocycles. The van der Waals surface area contributed by atoms with Crippen molar-refractivity contribution in [2.75, 3.05) is 13.2 Å². The normalized spacial score (nSPS) is 13.8. The fourth-order valence-electron chi connectivity index (χ4n) is 3.72. The maximum atomic E-state index is 12.9. The van der Waals surface area contributed by atoms with Gasteiger partial charge in [-0.3, -0.25) is 9.59 Å². The topological polar surface area (TPSA) is 95.4 Å². The Balaban J connectivity index is 1.48. The Morgan fingerprint density at radius 2 is 2.06 bits per heavy atom. The van der Waals surface area contributed by atoms with Crippen LogP contribution < -0.4 is 5.32 Å². The molecule has 0 unspecified atom stereocenters. The van der Waals surface area contributed by atoms with Gasteiger partial charge in [0.15, 0.2) is 0 Å². The Hall–Kier alpha value is -3.00. The van der Waals surface area contributed by atoms with Gasteiger partial charge in [0.1, 0.15) is 6.54 Å². The van der Waals surface area contributed by atoms with Gasteiger partial charge in [0, 0.05) is 17.7 Å². The summed E-state index contributed by atoms with van der Waals surface area (Å²) in [7, 11) is 0. The number of carbonyl (C=O) groups excluding carboxylic acids is 2. The molecule has 0 spiro atoms. The zero-order chi connectivity index (χ0) is 22.8. The number of hydrogen-bond donors (Lipinski definition) is 2.